The van der Waals surface area contributed by atoms with E-state index in [0.717, 1.165) is 6.42 Å². The fourth-order valence-corrected chi connectivity index (χ4v) is 2.66. The van der Waals surface area contributed by atoms with Crippen molar-refractivity contribution >= 4 is 23.5 Å². The molecule has 0 aliphatic carbocycles. The molecule has 1 amide bonds. The number of likely N-dealkylation sites (tertiary alicyclic amines) is 1. The minimum Gasteiger partial charge on any atom is -0.480 e. The number of hydrogen-bond acceptors (Lipinski definition) is 2. The summed E-state index contributed by atoms with van der Waals surface area (Å²) in [4.78, 5) is 25.1. The van der Waals surface area contributed by atoms with E-state index in [1.165, 1.54) is 30.0 Å². The van der Waals surface area contributed by atoms with Crippen molar-refractivity contribution < 1.29 is 19.1 Å². The van der Waals surface area contributed by atoms with Crippen LogP contribution in [0.15, 0.2) is 18.2 Å². The fourth-order valence-electron chi connectivity index (χ4n) is 2.48. The van der Waals surface area contributed by atoms with Gasteiger partial charge in [-0.2, -0.15) is 0 Å². The van der Waals surface area contributed by atoms with Gasteiger partial charge in [0.05, 0.1) is 10.6 Å². The van der Waals surface area contributed by atoms with E-state index in [9.17, 15) is 19.1 Å². The summed E-state index contributed by atoms with van der Waals surface area (Å²) < 4.78 is 13.9. The van der Waals surface area contributed by atoms with Crippen LogP contribution in [0.4, 0.5) is 4.39 Å². The number of rotatable bonds is 2. The molecule has 1 aliphatic rings. The fraction of sp³-hybridized carbons (Fsp3) is 0.429. The zero-order valence-electron chi connectivity index (χ0n) is 11.0. The van der Waals surface area contributed by atoms with Gasteiger partial charge in [0.1, 0.15) is 5.54 Å². The Bertz CT molecular complexity index is 563. The number of carbonyl (C=O) groups excluding carboxylic acids is 1. The SMILES string of the molecule is CC1(C(=O)O)CCCCN1C(=O)c1cccc(Cl)c1F. The van der Waals surface area contributed by atoms with Crippen LogP contribution in [0.25, 0.3) is 0 Å². The Morgan fingerprint density at radius 3 is 2.75 bits per heavy atom. The van der Waals surface area contributed by atoms with Crippen molar-refractivity contribution in [2.75, 3.05) is 6.54 Å². The van der Waals surface area contributed by atoms with E-state index in [-0.39, 0.29) is 10.6 Å². The predicted molar refractivity (Wildman–Crippen MR) is 72.3 cm³/mol. The predicted octanol–water partition coefficient (Wildman–Crippen LogP) is 2.95. The number of halogens is 2. The summed E-state index contributed by atoms with van der Waals surface area (Å²) in [6.45, 7) is 1.79. The van der Waals surface area contributed by atoms with Gasteiger partial charge in [-0.25, -0.2) is 9.18 Å². The minimum atomic E-state index is -1.30. The first-order valence-electron chi connectivity index (χ1n) is 6.37. The molecule has 1 unspecified atom stereocenters. The van der Waals surface area contributed by atoms with E-state index >= 15 is 0 Å². The number of nitrogens with zero attached hydrogens (tertiary/aromatic N) is 1. The highest BCUT2D eigenvalue weighted by Crippen LogP contribution is 2.31. The Balaban J connectivity index is 2.40. The molecule has 1 aromatic carbocycles. The number of amides is 1. The van der Waals surface area contributed by atoms with Gasteiger partial charge in [-0.3, -0.25) is 4.79 Å². The van der Waals surface area contributed by atoms with Crippen LogP contribution in [-0.2, 0) is 4.79 Å². The first-order chi connectivity index (χ1) is 9.38. The van der Waals surface area contributed by atoms with E-state index in [1.807, 2.05) is 0 Å². The summed E-state index contributed by atoms with van der Waals surface area (Å²) >= 11 is 5.67. The molecule has 20 heavy (non-hydrogen) atoms. The summed E-state index contributed by atoms with van der Waals surface area (Å²) in [5.41, 5.74) is -1.49. The van der Waals surface area contributed by atoms with E-state index in [4.69, 9.17) is 11.6 Å². The maximum absolute atomic E-state index is 13.9. The molecule has 1 atom stereocenters. The maximum Gasteiger partial charge on any atom is 0.329 e. The van der Waals surface area contributed by atoms with Crippen molar-refractivity contribution in [2.24, 2.45) is 0 Å². The van der Waals surface area contributed by atoms with Gasteiger partial charge in [0.2, 0.25) is 0 Å². The standard InChI is InChI=1S/C14H15ClFNO3/c1-14(13(19)20)7-2-3-8-17(14)12(18)9-5-4-6-10(15)11(9)16/h4-6H,2-3,7-8H2,1H3,(H,19,20). The molecule has 1 heterocycles. The van der Waals surface area contributed by atoms with Crippen LogP contribution in [-0.4, -0.2) is 34.0 Å². The van der Waals surface area contributed by atoms with E-state index in [2.05, 4.69) is 0 Å². The number of aliphatic carboxylic acids is 1. The third kappa shape index (κ3) is 2.38. The normalized spacial score (nSPS) is 22.6. The Labute approximate surface area is 121 Å². The summed E-state index contributed by atoms with van der Waals surface area (Å²) in [5, 5.41) is 9.23. The van der Waals surface area contributed by atoms with Gasteiger partial charge in [-0.05, 0) is 38.3 Å². The lowest BCUT2D eigenvalue weighted by Gasteiger charge is -2.41. The van der Waals surface area contributed by atoms with Gasteiger partial charge >= 0.3 is 5.97 Å². The van der Waals surface area contributed by atoms with Crippen molar-refractivity contribution in [3.63, 3.8) is 0 Å². The molecule has 1 saturated heterocycles. The van der Waals surface area contributed by atoms with E-state index < -0.39 is 23.2 Å². The molecule has 0 saturated carbocycles. The van der Waals surface area contributed by atoms with Crippen molar-refractivity contribution in [3.05, 3.63) is 34.6 Å². The minimum absolute atomic E-state index is 0.148. The second kappa shape index (κ2) is 5.40. The second-order valence-corrected chi connectivity index (χ2v) is 5.50. The van der Waals surface area contributed by atoms with Gasteiger partial charge in [-0.1, -0.05) is 17.7 Å². The van der Waals surface area contributed by atoms with E-state index in [0.29, 0.717) is 19.4 Å². The first kappa shape index (κ1) is 14.8. The molecule has 4 nitrogen and oxygen atoms in total. The van der Waals surface area contributed by atoms with Crippen LogP contribution in [0, 0.1) is 5.82 Å². The molecule has 108 valence electrons. The number of hydrogen-bond donors (Lipinski definition) is 1. The Hall–Kier alpha value is -1.62. The van der Waals surface area contributed by atoms with Gasteiger partial charge in [0, 0.05) is 6.54 Å². The second-order valence-electron chi connectivity index (χ2n) is 5.09. The molecule has 0 radical (unpaired) electrons. The molecule has 0 spiro atoms. The average Bonchev–Trinajstić information content (AvgIpc) is 2.41. The number of carboxylic acids is 1. The van der Waals surface area contributed by atoms with Gasteiger partial charge in [0.25, 0.3) is 5.91 Å². The highest BCUT2D eigenvalue weighted by molar-refractivity contribution is 6.31. The number of carbonyl (C=O) groups is 2. The zero-order valence-corrected chi connectivity index (χ0v) is 11.8. The van der Waals surface area contributed by atoms with Crippen molar-refractivity contribution in [2.45, 2.75) is 31.7 Å². The van der Waals surface area contributed by atoms with Crippen LogP contribution >= 0.6 is 11.6 Å². The smallest absolute Gasteiger partial charge is 0.329 e. The summed E-state index contributed by atoms with van der Waals surface area (Å²) in [6.07, 6.45) is 1.79. The Morgan fingerprint density at radius 1 is 1.40 bits per heavy atom. The van der Waals surface area contributed by atoms with Crippen LogP contribution in [0.5, 0.6) is 0 Å². The Kier molecular flexibility index (Phi) is 3.99. The molecule has 0 aromatic heterocycles. The zero-order chi connectivity index (χ0) is 14.9. The van der Waals surface area contributed by atoms with Crippen molar-refractivity contribution in [1.29, 1.82) is 0 Å². The molecular weight excluding hydrogens is 285 g/mol. The van der Waals surface area contributed by atoms with E-state index in [1.54, 1.807) is 0 Å². The molecular formula is C14H15ClFNO3. The largest absolute Gasteiger partial charge is 0.480 e. The molecule has 1 fully saturated rings. The molecule has 1 N–H and O–H groups in total. The number of piperidine rings is 1. The topological polar surface area (TPSA) is 57.6 Å². The Morgan fingerprint density at radius 2 is 2.10 bits per heavy atom. The molecule has 0 bridgehead atoms. The van der Waals surface area contributed by atoms with Gasteiger partial charge in [0.15, 0.2) is 5.82 Å². The highest BCUT2D eigenvalue weighted by atomic mass is 35.5. The van der Waals surface area contributed by atoms with Crippen LogP contribution in [0.2, 0.25) is 5.02 Å². The lowest BCUT2D eigenvalue weighted by molar-refractivity contribution is -0.150. The third-order valence-electron chi connectivity index (χ3n) is 3.78. The molecule has 1 aliphatic heterocycles. The van der Waals surface area contributed by atoms with Crippen LogP contribution in [0.1, 0.15) is 36.5 Å². The molecule has 1 aromatic rings. The van der Waals surface area contributed by atoms with Crippen molar-refractivity contribution in [1.82, 2.24) is 4.90 Å². The molecule has 2 rings (SSSR count). The third-order valence-corrected chi connectivity index (χ3v) is 4.07. The molecule has 6 heteroatoms. The van der Waals surface area contributed by atoms with Crippen molar-refractivity contribution in [3.8, 4) is 0 Å². The van der Waals surface area contributed by atoms with Gasteiger partial charge in [-0.15, -0.1) is 0 Å². The van der Waals surface area contributed by atoms with Crippen LogP contribution in [0.3, 0.4) is 0 Å². The summed E-state index contributed by atoms with van der Waals surface area (Å²) in [6, 6.07) is 4.14. The number of benzene rings is 1. The highest BCUT2D eigenvalue weighted by Gasteiger charge is 2.44. The summed E-state index contributed by atoms with van der Waals surface area (Å²) in [5.74, 6) is -2.51. The van der Waals surface area contributed by atoms with Gasteiger partial charge < -0.3 is 10.0 Å². The lowest BCUT2D eigenvalue weighted by atomic mass is 9.88. The monoisotopic (exact) mass is 299 g/mol. The van der Waals surface area contributed by atoms with Crippen LogP contribution < -0.4 is 0 Å². The first-order valence-corrected chi connectivity index (χ1v) is 6.75. The summed E-state index contributed by atoms with van der Waals surface area (Å²) in [7, 11) is 0. The maximum atomic E-state index is 13.9. The average molecular weight is 300 g/mol. The number of carboxylic acid groups (broad SMARTS) is 1. The quantitative estimate of drug-likeness (QED) is 0.913. The lowest BCUT2D eigenvalue weighted by Crippen LogP contribution is -2.57.